The third kappa shape index (κ3) is 1.52. The first kappa shape index (κ1) is 9.77. The molecule has 0 amide bonds. The van der Waals surface area contributed by atoms with Gasteiger partial charge in [-0.05, 0) is 12.5 Å². The molecule has 2 N–H and O–H groups in total. The van der Waals surface area contributed by atoms with Crippen molar-refractivity contribution in [2.75, 3.05) is 5.73 Å². The summed E-state index contributed by atoms with van der Waals surface area (Å²) >= 11 is 0. The van der Waals surface area contributed by atoms with Crippen LogP contribution in [0.4, 0.5) is 5.82 Å². The van der Waals surface area contributed by atoms with Crippen molar-refractivity contribution in [2.45, 2.75) is 6.92 Å². The number of hydrogen-bond acceptors (Lipinski definition) is 4. The molecule has 5 nitrogen and oxygen atoms in total. The molecule has 0 spiro atoms. The number of fused-ring (bicyclic) bond motifs is 1. The molecule has 3 aromatic rings. The molecular formula is C12H11N5. The molecular weight excluding hydrogens is 214 g/mol. The Balaban J connectivity index is 2.23. The molecule has 0 aliphatic rings. The van der Waals surface area contributed by atoms with E-state index in [-0.39, 0.29) is 0 Å². The van der Waals surface area contributed by atoms with Crippen LogP contribution in [0.3, 0.4) is 0 Å². The summed E-state index contributed by atoms with van der Waals surface area (Å²) in [6.45, 7) is 2.05. The van der Waals surface area contributed by atoms with Gasteiger partial charge in [0.05, 0.1) is 0 Å². The van der Waals surface area contributed by atoms with E-state index in [1.807, 2.05) is 31.2 Å². The van der Waals surface area contributed by atoms with Crippen molar-refractivity contribution in [1.82, 2.24) is 19.6 Å². The predicted octanol–water partition coefficient (Wildman–Crippen LogP) is 1.68. The number of anilines is 1. The molecule has 17 heavy (non-hydrogen) atoms. The van der Waals surface area contributed by atoms with Gasteiger partial charge < -0.3 is 5.73 Å². The molecule has 0 atom stereocenters. The first-order chi connectivity index (χ1) is 8.25. The summed E-state index contributed by atoms with van der Waals surface area (Å²) in [4.78, 5) is 8.20. The Bertz CT molecular complexity index is 669. The van der Waals surface area contributed by atoms with Crippen LogP contribution in [0.2, 0.25) is 0 Å². The fraction of sp³-hybridized carbons (Fsp3) is 0.0833. The molecule has 0 saturated heterocycles. The van der Waals surface area contributed by atoms with E-state index in [1.54, 1.807) is 6.20 Å². The second kappa shape index (κ2) is 3.55. The van der Waals surface area contributed by atoms with Crippen LogP contribution in [0.1, 0.15) is 5.56 Å². The zero-order valence-corrected chi connectivity index (χ0v) is 9.33. The highest BCUT2D eigenvalue weighted by Gasteiger charge is 2.08. The van der Waals surface area contributed by atoms with Crippen LogP contribution in [0.15, 0.2) is 36.8 Å². The molecule has 0 saturated carbocycles. The highest BCUT2D eigenvalue weighted by atomic mass is 15.3. The summed E-state index contributed by atoms with van der Waals surface area (Å²) in [5.41, 5.74) is 9.15. The van der Waals surface area contributed by atoms with E-state index in [0.29, 0.717) is 11.6 Å². The average Bonchev–Trinajstić information content (AvgIpc) is 2.80. The Morgan fingerprint density at radius 1 is 1.12 bits per heavy atom. The maximum Gasteiger partial charge on any atom is 0.254 e. The lowest BCUT2D eigenvalue weighted by Crippen LogP contribution is -2.02. The van der Waals surface area contributed by atoms with Gasteiger partial charge in [0, 0.05) is 11.8 Å². The van der Waals surface area contributed by atoms with Gasteiger partial charge in [0.1, 0.15) is 12.1 Å². The van der Waals surface area contributed by atoms with Crippen LogP contribution in [0.5, 0.6) is 0 Å². The first-order valence-corrected chi connectivity index (χ1v) is 5.27. The second-order valence-corrected chi connectivity index (χ2v) is 3.89. The van der Waals surface area contributed by atoms with Crippen LogP contribution in [-0.2, 0) is 0 Å². The summed E-state index contributed by atoms with van der Waals surface area (Å²) < 4.78 is 1.54. The Morgan fingerprint density at radius 3 is 2.65 bits per heavy atom. The lowest BCUT2D eigenvalue weighted by atomic mass is 10.1. The highest BCUT2D eigenvalue weighted by molar-refractivity contribution is 5.74. The SMILES string of the molecule is Cc1ccc(-c2cnc3ncnn3c2N)cc1. The Hall–Kier alpha value is -2.43. The molecule has 2 aromatic heterocycles. The largest absolute Gasteiger partial charge is 0.383 e. The second-order valence-electron chi connectivity index (χ2n) is 3.89. The molecule has 3 rings (SSSR count). The third-order valence-electron chi connectivity index (χ3n) is 2.71. The standard InChI is InChI=1S/C12H11N5/c1-8-2-4-9(5-3-8)10-6-14-12-15-7-16-17(12)11(10)13/h2-7H,13H2,1H3. The maximum absolute atomic E-state index is 6.05. The van der Waals surface area contributed by atoms with E-state index in [1.165, 1.54) is 16.4 Å². The number of aryl methyl sites for hydroxylation is 1. The Labute approximate surface area is 97.9 Å². The van der Waals surface area contributed by atoms with E-state index in [9.17, 15) is 0 Å². The monoisotopic (exact) mass is 225 g/mol. The number of rotatable bonds is 1. The molecule has 84 valence electrons. The Morgan fingerprint density at radius 2 is 1.88 bits per heavy atom. The van der Waals surface area contributed by atoms with Gasteiger partial charge in [-0.3, -0.25) is 0 Å². The Kier molecular flexibility index (Phi) is 2.04. The topological polar surface area (TPSA) is 69.1 Å². The molecule has 1 aromatic carbocycles. The molecule has 0 unspecified atom stereocenters. The molecule has 5 heteroatoms. The average molecular weight is 225 g/mol. The number of nitrogens with two attached hydrogens (primary N) is 1. The van der Waals surface area contributed by atoms with Crippen LogP contribution in [0.25, 0.3) is 16.9 Å². The zero-order valence-electron chi connectivity index (χ0n) is 9.33. The zero-order chi connectivity index (χ0) is 11.8. The summed E-state index contributed by atoms with van der Waals surface area (Å²) in [6, 6.07) is 8.12. The van der Waals surface area contributed by atoms with Crippen molar-refractivity contribution < 1.29 is 0 Å². The molecule has 0 radical (unpaired) electrons. The van der Waals surface area contributed by atoms with Crippen molar-refractivity contribution in [3.8, 4) is 11.1 Å². The summed E-state index contributed by atoms with van der Waals surface area (Å²) in [7, 11) is 0. The van der Waals surface area contributed by atoms with Crippen molar-refractivity contribution >= 4 is 11.6 Å². The van der Waals surface area contributed by atoms with Gasteiger partial charge in [-0.1, -0.05) is 29.8 Å². The quantitative estimate of drug-likeness (QED) is 0.684. The number of aromatic nitrogens is 4. The smallest absolute Gasteiger partial charge is 0.254 e. The number of hydrogen-bond donors (Lipinski definition) is 1. The van der Waals surface area contributed by atoms with Crippen molar-refractivity contribution in [3.63, 3.8) is 0 Å². The number of nitrogens with zero attached hydrogens (tertiary/aromatic N) is 4. The van der Waals surface area contributed by atoms with E-state index >= 15 is 0 Å². The van der Waals surface area contributed by atoms with Crippen LogP contribution < -0.4 is 5.73 Å². The van der Waals surface area contributed by atoms with Gasteiger partial charge in [-0.2, -0.15) is 14.6 Å². The lowest BCUT2D eigenvalue weighted by Gasteiger charge is -2.06. The van der Waals surface area contributed by atoms with Crippen LogP contribution >= 0.6 is 0 Å². The van der Waals surface area contributed by atoms with Gasteiger partial charge in [0.25, 0.3) is 5.78 Å². The number of benzene rings is 1. The van der Waals surface area contributed by atoms with Gasteiger partial charge in [-0.15, -0.1) is 0 Å². The van der Waals surface area contributed by atoms with E-state index in [4.69, 9.17) is 5.73 Å². The van der Waals surface area contributed by atoms with E-state index < -0.39 is 0 Å². The minimum absolute atomic E-state index is 0.512. The minimum Gasteiger partial charge on any atom is -0.383 e. The van der Waals surface area contributed by atoms with Gasteiger partial charge >= 0.3 is 0 Å². The molecule has 2 heterocycles. The molecule has 0 aliphatic heterocycles. The van der Waals surface area contributed by atoms with Gasteiger partial charge in [-0.25, -0.2) is 4.98 Å². The summed E-state index contributed by atoms with van der Waals surface area (Å²) in [5, 5.41) is 4.04. The minimum atomic E-state index is 0.512. The van der Waals surface area contributed by atoms with Crippen molar-refractivity contribution in [1.29, 1.82) is 0 Å². The van der Waals surface area contributed by atoms with E-state index in [2.05, 4.69) is 15.1 Å². The van der Waals surface area contributed by atoms with Crippen LogP contribution in [-0.4, -0.2) is 19.6 Å². The lowest BCUT2D eigenvalue weighted by molar-refractivity contribution is 0.953. The summed E-state index contributed by atoms with van der Waals surface area (Å²) in [6.07, 6.45) is 3.17. The maximum atomic E-state index is 6.05. The van der Waals surface area contributed by atoms with Gasteiger partial charge in [0.2, 0.25) is 0 Å². The highest BCUT2D eigenvalue weighted by Crippen LogP contribution is 2.24. The number of nitrogen functional groups attached to an aromatic ring is 1. The third-order valence-corrected chi connectivity index (χ3v) is 2.71. The van der Waals surface area contributed by atoms with Crippen molar-refractivity contribution in [2.24, 2.45) is 0 Å². The first-order valence-electron chi connectivity index (χ1n) is 5.27. The molecule has 0 fully saturated rings. The van der Waals surface area contributed by atoms with Gasteiger partial charge in [0.15, 0.2) is 0 Å². The van der Waals surface area contributed by atoms with E-state index in [0.717, 1.165) is 11.1 Å². The molecule has 0 aliphatic carbocycles. The van der Waals surface area contributed by atoms with Crippen LogP contribution in [0, 0.1) is 6.92 Å². The normalized spacial score (nSPS) is 10.9. The molecule has 0 bridgehead atoms. The van der Waals surface area contributed by atoms with Crippen molar-refractivity contribution in [3.05, 3.63) is 42.4 Å². The predicted molar refractivity (Wildman–Crippen MR) is 65.4 cm³/mol. The fourth-order valence-corrected chi connectivity index (χ4v) is 1.75. The fourth-order valence-electron chi connectivity index (χ4n) is 1.75. The summed E-state index contributed by atoms with van der Waals surface area (Å²) in [5.74, 6) is 1.06.